The van der Waals surface area contributed by atoms with Crippen molar-refractivity contribution in [2.24, 2.45) is 0 Å². The molecular formula is C13H19N5. The molecule has 2 aromatic rings. The third-order valence-electron chi connectivity index (χ3n) is 3.80. The second kappa shape index (κ2) is 4.24. The second-order valence-corrected chi connectivity index (χ2v) is 5.17. The molecule has 0 saturated heterocycles. The molecule has 1 saturated carbocycles. The zero-order valence-corrected chi connectivity index (χ0v) is 10.9. The summed E-state index contributed by atoms with van der Waals surface area (Å²) in [4.78, 5) is 11.1. The first-order chi connectivity index (χ1) is 8.66. The van der Waals surface area contributed by atoms with Crippen LogP contribution in [0, 0.1) is 0 Å². The van der Waals surface area contributed by atoms with Crippen molar-refractivity contribution in [1.29, 1.82) is 0 Å². The van der Waals surface area contributed by atoms with E-state index in [0.29, 0.717) is 12.0 Å². The van der Waals surface area contributed by atoms with Gasteiger partial charge in [-0.05, 0) is 38.9 Å². The highest BCUT2D eigenvalue weighted by Crippen LogP contribution is 2.28. The molecule has 0 radical (unpaired) electrons. The van der Waals surface area contributed by atoms with Gasteiger partial charge in [0.05, 0.1) is 0 Å². The Bertz CT molecular complexity index is 558. The summed E-state index contributed by atoms with van der Waals surface area (Å²) in [6, 6.07) is 5.03. The van der Waals surface area contributed by atoms with E-state index in [-0.39, 0.29) is 0 Å². The molecule has 96 valence electrons. The minimum absolute atomic E-state index is 0.444. The monoisotopic (exact) mass is 245 g/mol. The third-order valence-corrected chi connectivity index (χ3v) is 3.80. The van der Waals surface area contributed by atoms with Crippen molar-refractivity contribution in [1.82, 2.24) is 19.4 Å². The summed E-state index contributed by atoms with van der Waals surface area (Å²) in [7, 11) is 2.19. The zero-order valence-electron chi connectivity index (χ0n) is 10.9. The number of hydrogen-bond acceptors (Lipinski definition) is 4. The summed E-state index contributed by atoms with van der Waals surface area (Å²) in [5, 5.41) is 0. The number of rotatable bonds is 4. The molecule has 5 heteroatoms. The van der Waals surface area contributed by atoms with E-state index in [1.165, 1.54) is 12.8 Å². The van der Waals surface area contributed by atoms with Gasteiger partial charge in [-0.3, -0.25) is 9.47 Å². The number of nitrogens with zero attached hydrogens (tertiary/aromatic N) is 4. The van der Waals surface area contributed by atoms with E-state index < -0.39 is 0 Å². The number of anilines is 1. The molecule has 0 spiro atoms. The number of fused-ring (bicyclic) bond motifs is 1. The third kappa shape index (κ3) is 1.95. The fraction of sp³-hybridized carbons (Fsp3) is 0.538. The van der Waals surface area contributed by atoms with E-state index >= 15 is 0 Å². The van der Waals surface area contributed by atoms with Gasteiger partial charge in [0.2, 0.25) is 5.95 Å². The Morgan fingerprint density at radius 2 is 2.33 bits per heavy atom. The topological polar surface area (TPSA) is 60.0 Å². The Labute approximate surface area is 107 Å². The van der Waals surface area contributed by atoms with Gasteiger partial charge in [0.15, 0.2) is 5.65 Å². The average molecular weight is 245 g/mol. The Hall–Kier alpha value is -1.62. The van der Waals surface area contributed by atoms with Crippen LogP contribution in [0.1, 0.15) is 19.8 Å². The van der Waals surface area contributed by atoms with E-state index in [1.54, 1.807) is 6.20 Å². The first-order valence-electron chi connectivity index (χ1n) is 6.45. The SMILES string of the molecule is CC(Cn1c(N)nc2cccnc21)N(C)C1CC1. The van der Waals surface area contributed by atoms with Gasteiger partial charge in [0.25, 0.3) is 0 Å². The fourth-order valence-electron chi connectivity index (χ4n) is 2.39. The van der Waals surface area contributed by atoms with Crippen LogP contribution in [0.25, 0.3) is 11.2 Å². The van der Waals surface area contributed by atoms with Gasteiger partial charge in [0.1, 0.15) is 5.52 Å². The highest BCUT2D eigenvalue weighted by atomic mass is 15.2. The molecule has 2 aromatic heterocycles. The van der Waals surface area contributed by atoms with Gasteiger partial charge in [0, 0.05) is 24.8 Å². The quantitative estimate of drug-likeness (QED) is 0.886. The number of hydrogen-bond donors (Lipinski definition) is 1. The lowest BCUT2D eigenvalue weighted by Crippen LogP contribution is -2.34. The Morgan fingerprint density at radius 3 is 3.06 bits per heavy atom. The molecule has 0 bridgehead atoms. The van der Waals surface area contributed by atoms with Gasteiger partial charge in [-0.25, -0.2) is 9.97 Å². The summed E-state index contributed by atoms with van der Waals surface area (Å²) in [6.07, 6.45) is 4.42. The first-order valence-corrected chi connectivity index (χ1v) is 6.45. The maximum absolute atomic E-state index is 5.99. The van der Waals surface area contributed by atoms with Gasteiger partial charge in [-0.2, -0.15) is 0 Å². The van der Waals surface area contributed by atoms with Crippen LogP contribution in [0.5, 0.6) is 0 Å². The molecule has 1 unspecified atom stereocenters. The molecule has 0 amide bonds. The lowest BCUT2D eigenvalue weighted by molar-refractivity contribution is 0.227. The van der Waals surface area contributed by atoms with E-state index in [1.807, 2.05) is 16.7 Å². The van der Waals surface area contributed by atoms with Crippen molar-refractivity contribution in [2.75, 3.05) is 12.8 Å². The Balaban J connectivity index is 1.87. The Morgan fingerprint density at radius 1 is 1.56 bits per heavy atom. The minimum Gasteiger partial charge on any atom is -0.369 e. The normalized spacial score (nSPS) is 17.5. The summed E-state index contributed by atoms with van der Waals surface area (Å²) in [5.74, 6) is 0.555. The van der Waals surface area contributed by atoms with Crippen molar-refractivity contribution in [3.05, 3.63) is 18.3 Å². The molecule has 1 atom stereocenters. The van der Waals surface area contributed by atoms with Crippen molar-refractivity contribution < 1.29 is 0 Å². The predicted octanol–water partition coefficient (Wildman–Crippen LogP) is 1.50. The fourth-order valence-corrected chi connectivity index (χ4v) is 2.39. The summed E-state index contributed by atoms with van der Waals surface area (Å²) in [5.41, 5.74) is 7.74. The molecule has 2 heterocycles. The van der Waals surface area contributed by atoms with Crippen LogP contribution in [0.3, 0.4) is 0 Å². The van der Waals surface area contributed by atoms with E-state index in [4.69, 9.17) is 5.73 Å². The standard InChI is InChI=1S/C13H19N5/c1-9(17(2)10-5-6-10)8-18-12-11(16-13(18)14)4-3-7-15-12/h3-4,7,9-10H,5-6,8H2,1-2H3,(H2,14,16). The highest BCUT2D eigenvalue weighted by Gasteiger charge is 2.29. The van der Waals surface area contributed by atoms with Gasteiger partial charge >= 0.3 is 0 Å². The van der Waals surface area contributed by atoms with Crippen molar-refractivity contribution in [3.63, 3.8) is 0 Å². The molecule has 0 aromatic carbocycles. The summed E-state index contributed by atoms with van der Waals surface area (Å²) >= 11 is 0. The Kier molecular flexibility index (Phi) is 2.70. The van der Waals surface area contributed by atoms with Crippen LogP contribution in [-0.4, -0.2) is 38.6 Å². The smallest absolute Gasteiger partial charge is 0.202 e. The zero-order chi connectivity index (χ0) is 12.7. The molecule has 3 rings (SSSR count). The number of nitrogens with two attached hydrogens (primary N) is 1. The number of pyridine rings is 1. The van der Waals surface area contributed by atoms with Crippen LogP contribution in [0.4, 0.5) is 5.95 Å². The summed E-state index contributed by atoms with van der Waals surface area (Å²) < 4.78 is 2.01. The van der Waals surface area contributed by atoms with E-state index in [0.717, 1.165) is 23.8 Å². The molecule has 1 aliphatic carbocycles. The van der Waals surface area contributed by atoms with E-state index in [9.17, 15) is 0 Å². The van der Waals surface area contributed by atoms with Crippen LogP contribution < -0.4 is 5.73 Å². The van der Waals surface area contributed by atoms with Crippen LogP contribution >= 0.6 is 0 Å². The number of aromatic nitrogens is 3. The lowest BCUT2D eigenvalue weighted by atomic mass is 10.3. The highest BCUT2D eigenvalue weighted by molar-refractivity contribution is 5.73. The maximum Gasteiger partial charge on any atom is 0.202 e. The summed E-state index contributed by atoms with van der Waals surface area (Å²) in [6.45, 7) is 3.07. The number of likely N-dealkylation sites (N-methyl/N-ethyl adjacent to an activating group) is 1. The molecule has 0 aliphatic heterocycles. The van der Waals surface area contributed by atoms with Gasteiger partial charge in [-0.15, -0.1) is 0 Å². The largest absolute Gasteiger partial charge is 0.369 e. The maximum atomic E-state index is 5.99. The van der Waals surface area contributed by atoms with Crippen LogP contribution in [0.2, 0.25) is 0 Å². The lowest BCUT2D eigenvalue weighted by Gasteiger charge is -2.25. The molecule has 5 nitrogen and oxygen atoms in total. The van der Waals surface area contributed by atoms with Crippen LogP contribution in [-0.2, 0) is 6.54 Å². The van der Waals surface area contributed by atoms with Crippen LogP contribution in [0.15, 0.2) is 18.3 Å². The first kappa shape index (κ1) is 11.5. The minimum atomic E-state index is 0.444. The predicted molar refractivity (Wildman–Crippen MR) is 72.2 cm³/mol. The molecule has 18 heavy (non-hydrogen) atoms. The average Bonchev–Trinajstić information content (AvgIpc) is 3.15. The number of imidazole rings is 1. The van der Waals surface area contributed by atoms with E-state index in [2.05, 4.69) is 28.8 Å². The molecule has 1 aliphatic rings. The second-order valence-electron chi connectivity index (χ2n) is 5.17. The molecule has 2 N–H and O–H groups in total. The van der Waals surface area contributed by atoms with Crippen molar-refractivity contribution in [2.45, 2.75) is 38.4 Å². The molecular weight excluding hydrogens is 226 g/mol. The van der Waals surface area contributed by atoms with Gasteiger partial charge < -0.3 is 5.73 Å². The molecule has 1 fully saturated rings. The van der Waals surface area contributed by atoms with Crippen molar-refractivity contribution in [3.8, 4) is 0 Å². The van der Waals surface area contributed by atoms with Gasteiger partial charge in [-0.1, -0.05) is 0 Å². The number of nitrogen functional groups attached to an aromatic ring is 1. The van der Waals surface area contributed by atoms with Crippen molar-refractivity contribution >= 4 is 17.1 Å².